The average molecular weight is 367 g/mol. The first-order valence-corrected chi connectivity index (χ1v) is 10.1. The third-order valence-electron chi connectivity index (χ3n) is 3.45. The zero-order chi connectivity index (χ0) is 16.4. The van der Waals surface area contributed by atoms with E-state index in [4.69, 9.17) is 11.6 Å². The first kappa shape index (κ1) is 16.2. The summed E-state index contributed by atoms with van der Waals surface area (Å²) in [5.41, 5.74) is 2.23. The predicted octanol–water partition coefficient (Wildman–Crippen LogP) is 4.49. The van der Waals surface area contributed by atoms with Gasteiger partial charge in [0.2, 0.25) is 0 Å². The molecule has 0 radical (unpaired) electrons. The van der Waals surface area contributed by atoms with E-state index < -0.39 is 10.0 Å². The molecule has 0 bridgehead atoms. The van der Waals surface area contributed by atoms with Gasteiger partial charge in [0, 0.05) is 17.3 Å². The molecule has 0 saturated heterocycles. The molecule has 1 aromatic heterocycles. The summed E-state index contributed by atoms with van der Waals surface area (Å²) < 4.78 is 27.7. The number of thioether (sulfide) groups is 1. The second kappa shape index (κ2) is 6.47. The Bertz CT molecular complexity index is 934. The van der Waals surface area contributed by atoms with Gasteiger partial charge in [-0.05, 0) is 30.0 Å². The molecule has 0 unspecified atom stereocenters. The Labute approximate surface area is 144 Å². The number of benzene rings is 2. The van der Waals surface area contributed by atoms with Crippen LogP contribution in [0.1, 0.15) is 5.56 Å². The summed E-state index contributed by atoms with van der Waals surface area (Å²) in [7, 11) is -3.65. The monoisotopic (exact) mass is 366 g/mol. The molecule has 4 nitrogen and oxygen atoms in total. The maximum Gasteiger partial charge on any atom is 0.261 e. The van der Waals surface area contributed by atoms with Crippen LogP contribution in [-0.4, -0.2) is 19.7 Å². The summed E-state index contributed by atoms with van der Waals surface area (Å²) in [5, 5.41) is 1.34. The highest BCUT2D eigenvalue weighted by Gasteiger charge is 2.16. The molecular weight excluding hydrogens is 352 g/mol. The largest absolute Gasteiger partial charge is 0.358 e. The van der Waals surface area contributed by atoms with Crippen LogP contribution in [0.5, 0.6) is 0 Å². The van der Waals surface area contributed by atoms with E-state index in [0.29, 0.717) is 16.2 Å². The minimum absolute atomic E-state index is 0.233. The quantitative estimate of drug-likeness (QED) is 0.699. The predicted molar refractivity (Wildman–Crippen MR) is 97.8 cm³/mol. The van der Waals surface area contributed by atoms with Crippen molar-refractivity contribution < 1.29 is 8.42 Å². The van der Waals surface area contributed by atoms with Crippen LogP contribution < -0.4 is 4.72 Å². The lowest BCUT2D eigenvalue weighted by atomic mass is 10.2. The molecule has 0 aliphatic rings. The summed E-state index contributed by atoms with van der Waals surface area (Å²) in [6.45, 7) is 0. The smallest absolute Gasteiger partial charge is 0.261 e. The molecule has 7 heteroatoms. The molecule has 120 valence electrons. The Balaban J connectivity index is 1.93. The van der Waals surface area contributed by atoms with Crippen molar-refractivity contribution in [3.8, 4) is 0 Å². The normalized spacial score (nSPS) is 11.7. The molecule has 2 N–H and O–H groups in total. The topological polar surface area (TPSA) is 62.0 Å². The standard InChI is InChI=1S/C16H15ClN2O2S2/c1-22-10-11-5-7-12(8-6-11)23(20,21)19-15-4-2-3-13-14(17)9-18-16(13)15/h2-9,18-19H,10H2,1H3. The van der Waals surface area contributed by atoms with Gasteiger partial charge >= 0.3 is 0 Å². The van der Waals surface area contributed by atoms with E-state index in [1.54, 1.807) is 42.2 Å². The minimum Gasteiger partial charge on any atom is -0.358 e. The number of halogens is 1. The van der Waals surface area contributed by atoms with Gasteiger partial charge < -0.3 is 4.98 Å². The van der Waals surface area contributed by atoms with Crippen LogP contribution >= 0.6 is 23.4 Å². The number of sulfonamides is 1. The Morgan fingerprint density at radius 2 is 1.91 bits per heavy atom. The molecule has 3 rings (SSSR count). The minimum atomic E-state index is -3.65. The van der Waals surface area contributed by atoms with Crippen LogP contribution in [0, 0.1) is 0 Å². The average Bonchev–Trinajstić information content (AvgIpc) is 2.91. The molecule has 3 aromatic rings. The number of fused-ring (bicyclic) bond motifs is 1. The second-order valence-corrected chi connectivity index (χ2v) is 8.00. The van der Waals surface area contributed by atoms with E-state index in [0.717, 1.165) is 16.7 Å². The SMILES string of the molecule is CSCc1ccc(S(=O)(=O)Nc2cccc3c(Cl)c[nH]c23)cc1. The summed E-state index contributed by atoms with van der Waals surface area (Å²) >= 11 is 7.76. The Morgan fingerprint density at radius 3 is 2.61 bits per heavy atom. The maximum atomic E-state index is 12.6. The first-order valence-electron chi connectivity index (χ1n) is 6.87. The number of para-hydroxylation sites is 1. The molecule has 23 heavy (non-hydrogen) atoms. The summed E-state index contributed by atoms with van der Waals surface area (Å²) in [6.07, 6.45) is 3.65. The fourth-order valence-electron chi connectivity index (χ4n) is 2.34. The highest BCUT2D eigenvalue weighted by Crippen LogP contribution is 2.29. The van der Waals surface area contributed by atoms with Crippen molar-refractivity contribution in [2.75, 3.05) is 11.0 Å². The van der Waals surface area contributed by atoms with Gasteiger partial charge in [0.1, 0.15) is 0 Å². The van der Waals surface area contributed by atoms with Crippen LogP contribution in [0.4, 0.5) is 5.69 Å². The lowest BCUT2D eigenvalue weighted by molar-refractivity contribution is 0.601. The zero-order valence-corrected chi connectivity index (χ0v) is 14.7. The molecule has 0 aliphatic carbocycles. The highest BCUT2D eigenvalue weighted by molar-refractivity contribution is 7.97. The third kappa shape index (κ3) is 3.34. The zero-order valence-electron chi connectivity index (χ0n) is 12.3. The van der Waals surface area contributed by atoms with Crippen molar-refractivity contribution in [2.24, 2.45) is 0 Å². The van der Waals surface area contributed by atoms with Crippen molar-refractivity contribution in [2.45, 2.75) is 10.6 Å². The number of hydrogen-bond acceptors (Lipinski definition) is 3. The van der Waals surface area contributed by atoms with E-state index in [1.807, 2.05) is 24.5 Å². The maximum absolute atomic E-state index is 12.6. The Kier molecular flexibility index (Phi) is 4.57. The van der Waals surface area contributed by atoms with Gasteiger partial charge in [0.05, 0.1) is 21.1 Å². The summed E-state index contributed by atoms with van der Waals surface area (Å²) in [6, 6.07) is 12.2. The van der Waals surface area contributed by atoms with Gasteiger partial charge in [-0.1, -0.05) is 35.9 Å². The fraction of sp³-hybridized carbons (Fsp3) is 0.125. The number of hydrogen-bond donors (Lipinski definition) is 2. The van der Waals surface area contributed by atoms with E-state index >= 15 is 0 Å². The van der Waals surface area contributed by atoms with Crippen LogP contribution in [0.25, 0.3) is 10.9 Å². The van der Waals surface area contributed by atoms with Crippen LogP contribution in [0.3, 0.4) is 0 Å². The van der Waals surface area contributed by atoms with E-state index in [2.05, 4.69) is 9.71 Å². The molecule has 0 fully saturated rings. The van der Waals surface area contributed by atoms with Crippen molar-refractivity contribution in [3.63, 3.8) is 0 Å². The van der Waals surface area contributed by atoms with Gasteiger partial charge in [-0.2, -0.15) is 11.8 Å². The van der Waals surface area contributed by atoms with E-state index in [1.165, 1.54) is 0 Å². The van der Waals surface area contributed by atoms with Crippen LogP contribution in [0.2, 0.25) is 5.02 Å². The van der Waals surface area contributed by atoms with Gasteiger partial charge in [0.25, 0.3) is 10.0 Å². The fourth-order valence-corrected chi connectivity index (χ4v) is 4.15. The Morgan fingerprint density at radius 1 is 1.17 bits per heavy atom. The summed E-state index contributed by atoms with van der Waals surface area (Å²) in [4.78, 5) is 3.23. The van der Waals surface area contributed by atoms with Crippen molar-refractivity contribution >= 4 is 50.0 Å². The molecule has 2 aromatic carbocycles. The van der Waals surface area contributed by atoms with Crippen molar-refractivity contribution in [1.29, 1.82) is 0 Å². The lowest BCUT2D eigenvalue weighted by Crippen LogP contribution is -2.13. The van der Waals surface area contributed by atoms with Crippen molar-refractivity contribution in [1.82, 2.24) is 4.98 Å². The molecule has 0 amide bonds. The van der Waals surface area contributed by atoms with Crippen molar-refractivity contribution in [3.05, 3.63) is 59.2 Å². The van der Waals surface area contributed by atoms with Crippen LogP contribution in [0.15, 0.2) is 53.6 Å². The Hall–Kier alpha value is -1.63. The molecular formula is C16H15ClN2O2S2. The molecule has 0 atom stereocenters. The number of nitrogens with one attached hydrogen (secondary N) is 2. The van der Waals surface area contributed by atoms with E-state index in [9.17, 15) is 8.42 Å². The number of H-pyrrole nitrogens is 1. The number of anilines is 1. The highest BCUT2D eigenvalue weighted by atomic mass is 35.5. The van der Waals surface area contributed by atoms with Gasteiger partial charge in [0.15, 0.2) is 0 Å². The second-order valence-electron chi connectivity index (χ2n) is 5.05. The van der Waals surface area contributed by atoms with Gasteiger partial charge in [-0.15, -0.1) is 0 Å². The number of aromatic amines is 1. The summed E-state index contributed by atoms with van der Waals surface area (Å²) in [5.74, 6) is 0.855. The number of aromatic nitrogens is 1. The van der Waals surface area contributed by atoms with Crippen LogP contribution in [-0.2, 0) is 15.8 Å². The number of rotatable bonds is 5. The van der Waals surface area contributed by atoms with Gasteiger partial charge in [-0.3, -0.25) is 4.72 Å². The molecule has 0 spiro atoms. The molecule has 1 heterocycles. The van der Waals surface area contributed by atoms with Gasteiger partial charge in [-0.25, -0.2) is 8.42 Å². The third-order valence-corrected chi connectivity index (χ3v) is 5.77. The molecule has 0 aliphatic heterocycles. The lowest BCUT2D eigenvalue weighted by Gasteiger charge is -2.10. The van der Waals surface area contributed by atoms with E-state index in [-0.39, 0.29) is 4.90 Å². The first-order chi connectivity index (χ1) is 11.0. The molecule has 0 saturated carbocycles.